The van der Waals surface area contributed by atoms with Gasteiger partial charge in [-0.1, -0.05) is 19.8 Å². The molecule has 1 heterocycles. The number of rotatable bonds is 3. The Morgan fingerprint density at radius 2 is 2.18 bits per heavy atom. The highest BCUT2D eigenvalue weighted by Gasteiger charge is 2.22. The van der Waals surface area contributed by atoms with Crippen molar-refractivity contribution in [3.8, 4) is 5.88 Å². The van der Waals surface area contributed by atoms with E-state index in [1.165, 1.54) is 19.3 Å². The average Bonchev–Trinajstić information content (AvgIpc) is 2.28. The van der Waals surface area contributed by atoms with Crippen molar-refractivity contribution in [2.75, 3.05) is 11.5 Å². The minimum atomic E-state index is 0.169. The fourth-order valence-electron chi connectivity index (χ4n) is 2.41. The second kappa shape index (κ2) is 5.21. The highest BCUT2D eigenvalue weighted by molar-refractivity contribution is 5.38. The summed E-state index contributed by atoms with van der Waals surface area (Å²) in [5, 5.41) is 0. The zero-order chi connectivity index (χ0) is 12.3. The summed E-state index contributed by atoms with van der Waals surface area (Å²) in [6, 6.07) is 1.63. The molecule has 2 atom stereocenters. The molecule has 1 aromatic heterocycles. The molecule has 1 aromatic rings. The average molecular weight is 236 g/mol. The van der Waals surface area contributed by atoms with Crippen molar-refractivity contribution in [2.24, 2.45) is 5.92 Å². The molecule has 17 heavy (non-hydrogen) atoms. The Labute approximate surface area is 102 Å². The Bertz CT molecular complexity index is 363. The van der Waals surface area contributed by atoms with E-state index in [4.69, 9.17) is 16.2 Å². The Kier molecular flexibility index (Phi) is 3.66. The van der Waals surface area contributed by atoms with Crippen LogP contribution in [0.25, 0.3) is 0 Å². The number of hydrogen-bond acceptors (Lipinski definition) is 5. The van der Waals surface area contributed by atoms with Crippen molar-refractivity contribution < 1.29 is 4.74 Å². The molecular weight excluding hydrogens is 216 g/mol. The van der Waals surface area contributed by atoms with Crippen LogP contribution in [-0.4, -0.2) is 16.1 Å². The lowest BCUT2D eigenvalue weighted by Gasteiger charge is -2.28. The van der Waals surface area contributed by atoms with Crippen molar-refractivity contribution in [2.45, 2.75) is 45.1 Å². The molecule has 1 fully saturated rings. The highest BCUT2D eigenvalue weighted by atomic mass is 16.5. The van der Waals surface area contributed by atoms with Crippen LogP contribution in [0.1, 0.15) is 39.0 Å². The van der Waals surface area contributed by atoms with Gasteiger partial charge in [-0.15, -0.1) is 0 Å². The molecule has 0 aliphatic heterocycles. The molecule has 0 radical (unpaired) electrons. The van der Waals surface area contributed by atoms with Crippen molar-refractivity contribution in [3.63, 3.8) is 0 Å². The molecule has 2 rings (SSSR count). The molecule has 94 valence electrons. The number of nitrogens with zero attached hydrogens (tertiary/aromatic N) is 2. The van der Waals surface area contributed by atoms with Crippen LogP contribution in [-0.2, 0) is 0 Å². The summed E-state index contributed by atoms with van der Waals surface area (Å²) in [6.07, 6.45) is 6.17. The Balaban J connectivity index is 2.00. The number of aromatic nitrogens is 2. The van der Waals surface area contributed by atoms with Crippen LogP contribution in [0.2, 0.25) is 0 Å². The van der Waals surface area contributed by atoms with Crippen LogP contribution in [0.15, 0.2) is 6.07 Å². The van der Waals surface area contributed by atoms with Gasteiger partial charge in [-0.2, -0.15) is 9.97 Å². The van der Waals surface area contributed by atoms with Crippen LogP contribution in [0, 0.1) is 5.92 Å². The summed E-state index contributed by atoms with van der Waals surface area (Å²) in [5.74, 6) is 1.79. The van der Waals surface area contributed by atoms with Crippen molar-refractivity contribution in [3.05, 3.63) is 6.07 Å². The quantitative estimate of drug-likeness (QED) is 0.838. The van der Waals surface area contributed by atoms with E-state index in [9.17, 15) is 0 Å². The summed E-state index contributed by atoms with van der Waals surface area (Å²) in [4.78, 5) is 7.87. The molecule has 4 N–H and O–H groups in total. The Morgan fingerprint density at radius 3 is 2.88 bits per heavy atom. The van der Waals surface area contributed by atoms with Gasteiger partial charge < -0.3 is 16.2 Å². The van der Waals surface area contributed by atoms with Gasteiger partial charge in [0.05, 0.1) is 0 Å². The van der Waals surface area contributed by atoms with E-state index >= 15 is 0 Å². The zero-order valence-corrected chi connectivity index (χ0v) is 10.2. The predicted molar refractivity (Wildman–Crippen MR) is 67.5 cm³/mol. The van der Waals surface area contributed by atoms with Crippen LogP contribution >= 0.6 is 0 Å². The lowest BCUT2D eigenvalue weighted by Crippen LogP contribution is -2.25. The standard InChI is InChI=1S/C12H20N4O/c1-2-8-4-3-5-9(6-8)17-11-7-10(13)15-12(14)16-11/h7-9H,2-6H2,1H3,(H4,13,14,15,16). The van der Waals surface area contributed by atoms with Crippen LogP contribution in [0.3, 0.4) is 0 Å². The molecule has 1 aliphatic rings. The van der Waals surface area contributed by atoms with Crippen molar-refractivity contribution in [1.82, 2.24) is 9.97 Å². The summed E-state index contributed by atoms with van der Waals surface area (Å²) in [6.45, 7) is 2.23. The lowest BCUT2D eigenvalue weighted by atomic mass is 9.85. The van der Waals surface area contributed by atoms with E-state index in [0.717, 1.165) is 18.8 Å². The molecule has 5 heteroatoms. The predicted octanol–water partition coefficient (Wildman–Crippen LogP) is 1.99. The summed E-state index contributed by atoms with van der Waals surface area (Å²) in [5.41, 5.74) is 11.1. The third-order valence-electron chi connectivity index (χ3n) is 3.34. The molecule has 0 bridgehead atoms. The molecule has 0 amide bonds. The third kappa shape index (κ3) is 3.22. The normalized spacial score (nSPS) is 24.5. The van der Waals surface area contributed by atoms with Gasteiger partial charge in [-0.3, -0.25) is 0 Å². The van der Waals surface area contributed by atoms with Crippen LogP contribution in [0.5, 0.6) is 5.88 Å². The lowest BCUT2D eigenvalue weighted by molar-refractivity contribution is 0.117. The Hall–Kier alpha value is -1.52. The SMILES string of the molecule is CCC1CCCC(Oc2cc(N)nc(N)n2)C1. The third-order valence-corrected chi connectivity index (χ3v) is 3.34. The van der Waals surface area contributed by atoms with E-state index in [-0.39, 0.29) is 12.1 Å². The number of ether oxygens (including phenoxy) is 1. The zero-order valence-electron chi connectivity index (χ0n) is 10.2. The van der Waals surface area contributed by atoms with Gasteiger partial charge in [0, 0.05) is 6.07 Å². The first-order chi connectivity index (χ1) is 8.17. The molecule has 0 saturated heterocycles. The fourth-order valence-corrected chi connectivity index (χ4v) is 2.41. The summed E-state index contributed by atoms with van der Waals surface area (Å²) >= 11 is 0. The van der Waals surface area contributed by atoms with Gasteiger partial charge in [0.2, 0.25) is 11.8 Å². The summed E-state index contributed by atoms with van der Waals surface area (Å²) < 4.78 is 5.84. The Morgan fingerprint density at radius 1 is 1.35 bits per heavy atom. The van der Waals surface area contributed by atoms with E-state index in [2.05, 4.69) is 16.9 Å². The first-order valence-electron chi connectivity index (χ1n) is 6.24. The highest BCUT2D eigenvalue weighted by Crippen LogP contribution is 2.29. The molecule has 2 unspecified atom stereocenters. The largest absolute Gasteiger partial charge is 0.474 e. The van der Waals surface area contributed by atoms with Gasteiger partial charge in [0.1, 0.15) is 11.9 Å². The first kappa shape index (κ1) is 12.0. The van der Waals surface area contributed by atoms with Crippen LogP contribution in [0.4, 0.5) is 11.8 Å². The van der Waals surface area contributed by atoms with Crippen molar-refractivity contribution in [1.29, 1.82) is 0 Å². The molecule has 1 saturated carbocycles. The van der Waals surface area contributed by atoms with E-state index in [0.29, 0.717) is 11.7 Å². The molecule has 0 aromatic carbocycles. The van der Waals surface area contributed by atoms with Gasteiger partial charge >= 0.3 is 0 Å². The minimum Gasteiger partial charge on any atom is -0.474 e. The smallest absolute Gasteiger partial charge is 0.225 e. The second-order valence-corrected chi connectivity index (χ2v) is 4.67. The van der Waals surface area contributed by atoms with Gasteiger partial charge in [0.15, 0.2) is 0 Å². The minimum absolute atomic E-state index is 0.169. The van der Waals surface area contributed by atoms with E-state index in [1.54, 1.807) is 6.07 Å². The maximum atomic E-state index is 5.84. The topological polar surface area (TPSA) is 87.0 Å². The summed E-state index contributed by atoms with van der Waals surface area (Å²) in [7, 11) is 0. The van der Waals surface area contributed by atoms with Gasteiger partial charge in [-0.25, -0.2) is 0 Å². The number of hydrogen-bond donors (Lipinski definition) is 2. The molecule has 5 nitrogen and oxygen atoms in total. The van der Waals surface area contributed by atoms with Gasteiger partial charge in [-0.05, 0) is 25.2 Å². The monoisotopic (exact) mass is 236 g/mol. The van der Waals surface area contributed by atoms with Gasteiger partial charge in [0.25, 0.3) is 0 Å². The maximum absolute atomic E-state index is 5.84. The van der Waals surface area contributed by atoms with E-state index in [1.807, 2.05) is 0 Å². The number of nitrogen functional groups attached to an aromatic ring is 2. The molecule has 0 spiro atoms. The molecule has 1 aliphatic carbocycles. The molecular formula is C12H20N4O. The number of anilines is 2. The fraction of sp³-hybridized carbons (Fsp3) is 0.667. The number of nitrogens with two attached hydrogens (primary N) is 2. The van der Waals surface area contributed by atoms with E-state index < -0.39 is 0 Å². The van der Waals surface area contributed by atoms with Crippen molar-refractivity contribution >= 4 is 11.8 Å². The first-order valence-corrected chi connectivity index (χ1v) is 6.24. The van der Waals surface area contributed by atoms with Crippen LogP contribution < -0.4 is 16.2 Å². The maximum Gasteiger partial charge on any atom is 0.225 e. The second-order valence-electron chi connectivity index (χ2n) is 4.67.